The molecule has 0 aliphatic heterocycles. The molecule has 0 spiro atoms. The number of nitrogens with two attached hydrogens (primary N) is 1. The summed E-state index contributed by atoms with van der Waals surface area (Å²) >= 11 is 0. The highest BCUT2D eigenvalue weighted by Gasteiger charge is 2.13. The van der Waals surface area contributed by atoms with Crippen molar-refractivity contribution in [2.45, 2.75) is 0 Å². The minimum absolute atomic E-state index is 0.207. The second-order valence-electron chi connectivity index (χ2n) is 5.50. The van der Waals surface area contributed by atoms with Crippen molar-refractivity contribution in [1.29, 1.82) is 0 Å². The zero-order valence-corrected chi connectivity index (χ0v) is 15.3. The first kappa shape index (κ1) is 18.7. The zero-order chi connectivity index (χ0) is 19.9. The number of hydrogen-bond acceptors (Lipinski definition) is 9. The molecule has 2 heterocycles. The van der Waals surface area contributed by atoms with Gasteiger partial charge < -0.3 is 20.5 Å². The van der Waals surface area contributed by atoms with E-state index in [-0.39, 0.29) is 17.4 Å². The van der Waals surface area contributed by atoms with E-state index in [1.807, 2.05) is 0 Å². The van der Waals surface area contributed by atoms with Crippen LogP contribution in [-0.2, 0) is 0 Å². The first-order valence-corrected chi connectivity index (χ1v) is 8.18. The number of ether oxygens (including phenoxy) is 2. The first-order chi connectivity index (χ1) is 13.6. The quantitative estimate of drug-likeness (QED) is 0.453. The van der Waals surface area contributed by atoms with Gasteiger partial charge in [-0.1, -0.05) is 0 Å². The van der Waals surface area contributed by atoms with Gasteiger partial charge in [-0.25, -0.2) is 9.97 Å². The highest BCUT2D eigenvalue weighted by atomic mass is 16.5. The minimum Gasteiger partial charge on any atom is -0.497 e. The Hall–Kier alpha value is -4.08. The third-order valence-corrected chi connectivity index (χ3v) is 3.76. The molecule has 2 aromatic heterocycles. The van der Waals surface area contributed by atoms with Crippen molar-refractivity contribution in [3.8, 4) is 11.5 Å². The van der Waals surface area contributed by atoms with Crippen molar-refractivity contribution in [2.24, 2.45) is 0 Å². The molecule has 10 nitrogen and oxygen atoms in total. The smallest absolute Gasteiger partial charge is 0.271 e. The minimum atomic E-state index is -0.380. The Labute approximate surface area is 161 Å². The van der Waals surface area contributed by atoms with E-state index in [4.69, 9.17) is 15.2 Å². The fraction of sp³-hybridized carbons (Fsp3) is 0.111. The highest BCUT2D eigenvalue weighted by Crippen LogP contribution is 2.33. The van der Waals surface area contributed by atoms with Crippen LogP contribution in [0.3, 0.4) is 0 Å². The van der Waals surface area contributed by atoms with Crippen LogP contribution in [0.2, 0.25) is 0 Å². The first-order valence-electron chi connectivity index (χ1n) is 8.18. The van der Waals surface area contributed by atoms with E-state index in [0.717, 1.165) is 0 Å². The van der Waals surface area contributed by atoms with E-state index in [1.165, 1.54) is 12.5 Å². The maximum atomic E-state index is 12.1. The lowest BCUT2D eigenvalue weighted by atomic mass is 10.2. The molecule has 0 atom stereocenters. The number of nitrogen functional groups attached to an aromatic ring is 1. The molecule has 0 radical (unpaired) electrons. The molecule has 0 saturated carbocycles. The molecule has 5 N–H and O–H groups in total. The SMILES string of the molecule is COc1ccc(OC)c(Nc2ncnc(NNC(=O)c3cccnc3)c2N)c1. The number of carbonyl (C=O) groups is 1. The molecule has 1 aromatic carbocycles. The summed E-state index contributed by atoms with van der Waals surface area (Å²) in [5.74, 6) is 1.41. The second-order valence-corrected chi connectivity index (χ2v) is 5.50. The lowest BCUT2D eigenvalue weighted by molar-refractivity contribution is 0.0962. The van der Waals surface area contributed by atoms with E-state index in [9.17, 15) is 4.79 Å². The number of benzene rings is 1. The summed E-state index contributed by atoms with van der Waals surface area (Å²) in [5.41, 5.74) is 12.5. The molecular formula is C18H19N7O3. The molecule has 3 aromatic rings. The summed E-state index contributed by atoms with van der Waals surface area (Å²) in [6.07, 6.45) is 4.34. The van der Waals surface area contributed by atoms with Gasteiger partial charge in [-0.05, 0) is 24.3 Å². The van der Waals surface area contributed by atoms with Gasteiger partial charge in [0.2, 0.25) is 0 Å². The number of amides is 1. The molecule has 0 bridgehead atoms. The van der Waals surface area contributed by atoms with Crippen LogP contribution in [-0.4, -0.2) is 35.1 Å². The number of methoxy groups -OCH3 is 2. The lowest BCUT2D eigenvalue weighted by Crippen LogP contribution is -2.30. The summed E-state index contributed by atoms with van der Waals surface area (Å²) in [7, 11) is 3.12. The number of aromatic nitrogens is 3. The molecule has 1 amide bonds. The number of carbonyl (C=O) groups excluding carboxylic acids is 1. The molecule has 3 rings (SSSR count). The van der Waals surface area contributed by atoms with Gasteiger partial charge in [0, 0.05) is 18.5 Å². The van der Waals surface area contributed by atoms with Gasteiger partial charge in [0.15, 0.2) is 11.6 Å². The number of nitrogens with zero attached hydrogens (tertiary/aromatic N) is 3. The average Bonchev–Trinajstić information content (AvgIpc) is 2.74. The molecule has 0 saturated heterocycles. The average molecular weight is 381 g/mol. The van der Waals surface area contributed by atoms with E-state index in [1.54, 1.807) is 50.7 Å². The van der Waals surface area contributed by atoms with Gasteiger partial charge in [0.05, 0.1) is 25.5 Å². The van der Waals surface area contributed by atoms with Crippen molar-refractivity contribution in [3.05, 3.63) is 54.6 Å². The van der Waals surface area contributed by atoms with Crippen LogP contribution in [0.25, 0.3) is 0 Å². The second kappa shape index (κ2) is 8.54. The molecule has 0 aliphatic carbocycles. The Morgan fingerprint density at radius 1 is 1.11 bits per heavy atom. The van der Waals surface area contributed by atoms with Gasteiger partial charge in [-0.3, -0.25) is 20.6 Å². The summed E-state index contributed by atoms with van der Waals surface area (Å²) in [4.78, 5) is 24.2. The van der Waals surface area contributed by atoms with Crippen LogP contribution in [0.15, 0.2) is 49.1 Å². The van der Waals surface area contributed by atoms with Crippen LogP contribution in [0.1, 0.15) is 10.4 Å². The molecule has 10 heteroatoms. The van der Waals surface area contributed by atoms with Gasteiger partial charge in [0.1, 0.15) is 23.5 Å². The largest absolute Gasteiger partial charge is 0.497 e. The predicted octanol–water partition coefficient (Wildman–Crippen LogP) is 1.97. The number of hydrogen-bond donors (Lipinski definition) is 4. The predicted molar refractivity (Wildman–Crippen MR) is 105 cm³/mol. The monoisotopic (exact) mass is 381 g/mol. The van der Waals surface area contributed by atoms with E-state index < -0.39 is 0 Å². The Morgan fingerprint density at radius 3 is 2.64 bits per heavy atom. The maximum Gasteiger partial charge on any atom is 0.271 e. The van der Waals surface area contributed by atoms with Crippen molar-refractivity contribution in [2.75, 3.05) is 30.7 Å². The van der Waals surface area contributed by atoms with Crippen LogP contribution >= 0.6 is 0 Å². The van der Waals surface area contributed by atoms with Crippen molar-refractivity contribution >= 4 is 28.9 Å². The third kappa shape index (κ3) is 4.18. The lowest BCUT2D eigenvalue weighted by Gasteiger charge is -2.15. The van der Waals surface area contributed by atoms with Crippen molar-refractivity contribution < 1.29 is 14.3 Å². The highest BCUT2D eigenvalue weighted by molar-refractivity contribution is 5.95. The summed E-state index contributed by atoms with van der Waals surface area (Å²) in [6, 6.07) is 8.57. The van der Waals surface area contributed by atoms with Gasteiger partial charge >= 0.3 is 0 Å². The number of anilines is 4. The van der Waals surface area contributed by atoms with Gasteiger partial charge in [-0.2, -0.15) is 0 Å². The van der Waals surface area contributed by atoms with Gasteiger partial charge in [-0.15, -0.1) is 0 Å². The molecule has 144 valence electrons. The Bertz CT molecular complexity index is 967. The van der Waals surface area contributed by atoms with Crippen LogP contribution in [0, 0.1) is 0 Å². The number of pyridine rings is 1. The zero-order valence-electron chi connectivity index (χ0n) is 15.3. The summed E-state index contributed by atoms with van der Waals surface area (Å²) < 4.78 is 10.6. The van der Waals surface area contributed by atoms with Crippen molar-refractivity contribution in [3.63, 3.8) is 0 Å². The molecule has 0 aliphatic rings. The Kier molecular flexibility index (Phi) is 5.70. The fourth-order valence-corrected chi connectivity index (χ4v) is 2.32. The van der Waals surface area contributed by atoms with Crippen molar-refractivity contribution in [1.82, 2.24) is 20.4 Å². The van der Waals surface area contributed by atoms with E-state index in [0.29, 0.717) is 28.6 Å². The number of nitrogens with one attached hydrogen (secondary N) is 3. The summed E-state index contributed by atoms with van der Waals surface area (Å²) in [6.45, 7) is 0. The molecule has 0 fully saturated rings. The maximum absolute atomic E-state index is 12.1. The van der Waals surface area contributed by atoms with E-state index in [2.05, 4.69) is 31.1 Å². The van der Waals surface area contributed by atoms with Gasteiger partial charge in [0.25, 0.3) is 5.91 Å². The Morgan fingerprint density at radius 2 is 1.93 bits per heavy atom. The fourth-order valence-electron chi connectivity index (χ4n) is 2.32. The normalized spacial score (nSPS) is 10.1. The van der Waals surface area contributed by atoms with E-state index >= 15 is 0 Å². The summed E-state index contributed by atoms with van der Waals surface area (Å²) in [5, 5.41) is 3.08. The topological polar surface area (TPSA) is 136 Å². The standard InChI is InChI=1S/C18H19N7O3/c1-27-12-5-6-14(28-2)13(8-12)23-16-15(19)17(22-10-21-16)24-25-18(26)11-4-3-7-20-9-11/h3-10H,19H2,1-2H3,(H,25,26)(H2,21,22,23,24). The molecule has 0 unspecified atom stereocenters. The Balaban J connectivity index is 1.77. The third-order valence-electron chi connectivity index (χ3n) is 3.76. The van der Waals surface area contributed by atoms with Crippen LogP contribution < -0.4 is 31.4 Å². The number of hydrazine groups is 1. The van der Waals surface area contributed by atoms with Crippen LogP contribution in [0.5, 0.6) is 11.5 Å². The molecular weight excluding hydrogens is 362 g/mol. The van der Waals surface area contributed by atoms with Crippen LogP contribution in [0.4, 0.5) is 23.0 Å². The number of rotatable bonds is 7. The molecule has 28 heavy (non-hydrogen) atoms.